The van der Waals surface area contributed by atoms with Crippen molar-refractivity contribution < 1.29 is 23.1 Å². The molecular formula is C19H22F2N2O3. The summed E-state index contributed by atoms with van der Waals surface area (Å²) in [6.07, 6.45) is 5.70. The summed E-state index contributed by atoms with van der Waals surface area (Å²) >= 11 is 0. The van der Waals surface area contributed by atoms with Crippen molar-refractivity contribution in [3.05, 3.63) is 47.2 Å². The minimum absolute atomic E-state index is 0.104. The third-order valence-electron chi connectivity index (χ3n) is 4.76. The molecule has 1 heterocycles. The van der Waals surface area contributed by atoms with Crippen molar-refractivity contribution >= 4 is 11.8 Å². The second-order valence-electron chi connectivity index (χ2n) is 6.81. The molecule has 7 heteroatoms. The van der Waals surface area contributed by atoms with Crippen molar-refractivity contribution in [2.24, 2.45) is 5.92 Å². The van der Waals surface area contributed by atoms with E-state index in [1.54, 1.807) is 0 Å². The average Bonchev–Trinajstić information content (AvgIpc) is 2.57. The van der Waals surface area contributed by atoms with Gasteiger partial charge >= 0.3 is 0 Å². The number of carbonyl (C=O) groups excluding carboxylic acids is 2. The van der Waals surface area contributed by atoms with Gasteiger partial charge in [-0.2, -0.15) is 0 Å². The van der Waals surface area contributed by atoms with Gasteiger partial charge < -0.3 is 15.4 Å². The van der Waals surface area contributed by atoms with Crippen LogP contribution in [0.5, 0.6) is 0 Å². The highest BCUT2D eigenvalue weighted by molar-refractivity contribution is 5.90. The van der Waals surface area contributed by atoms with Crippen LogP contribution in [0.25, 0.3) is 0 Å². The molecular weight excluding hydrogens is 342 g/mol. The van der Waals surface area contributed by atoms with E-state index in [9.17, 15) is 18.4 Å². The van der Waals surface area contributed by atoms with Crippen molar-refractivity contribution in [1.29, 1.82) is 0 Å². The highest BCUT2D eigenvalue weighted by Gasteiger charge is 2.35. The molecule has 0 saturated heterocycles. The zero-order valence-corrected chi connectivity index (χ0v) is 14.6. The molecule has 3 atom stereocenters. The molecule has 3 rings (SSSR count). The molecule has 0 aromatic heterocycles. The molecule has 0 spiro atoms. The van der Waals surface area contributed by atoms with E-state index in [0.717, 1.165) is 11.6 Å². The number of halogens is 2. The van der Waals surface area contributed by atoms with Gasteiger partial charge in [-0.3, -0.25) is 9.59 Å². The Labute approximate surface area is 150 Å². The molecule has 0 saturated carbocycles. The molecule has 1 aliphatic heterocycles. The quantitative estimate of drug-likeness (QED) is 0.754. The maximum Gasteiger partial charge on any atom is 0.245 e. The molecule has 2 amide bonds. The van der Waals surface area contributed by atoms with Crippen LogP contribution in [0.3, 0.4) is 0 Å². The summed E-state index contributed by atoms with van der Waals surface area (Å²) < 4.78 is 33.0. The van der Waals surface area contributed by atoms with Crippen LogP contribution >= 0.6 is 0 Å². The summed E-state index contributed by atoms with van der Waals surface area (Å²) in [7, 11) is 0. The number of ether oxygens (including phenoxy) is 1. The predicted molar refractivity (Wildman–Crippen MR) is 92.0 cm³/mol. The molecule has 0 aromatic carbocycles. The highest BCUT2D eigenvalue weighted by Crippen LogP contribution is 2.32. The topological polar surface area (TPSA) is 67.4 Å². The van der Waals surface area contributed by atoms with Gasteiger partial charge in [-0.15, -0.1) is 0 Å². The van der Waals surface area contributed by atoms with Crippen LogP contribution in [0.4, 0.5) is 8.78 Å². The van der Waals surface area contributed by atoms with E-state index >= 15 is 0 Å². The normalized spacial score (nSPS) is 29.0. The molecule has 2 aliphatic carbocycles. The summed E-state index contributed by atoms with van der Waals surface area (Å²) in [5.41, 5.74) is 1.63. The van der Waals surface area contributed by atoms with E-state index in [1.807, 2.05) is 13.0 Å². The lowest BCUT2D eigenvalue weighted by Gasteiger charge is -2.33. The standard InChI is InChI=1S/C19H22F2N2O3/c1-11-2-4-14(19(25)23-13-6-7-22-18(24)10-13)17(8-11)26-16-5-3-12(20)9-15(16)21/h2-3,9-10,14,16-17H,4-8H2,1H3,(H,22,24)(H,23,25). The Hall–Kier alpha value is -2.28. The van der Waals surface area contributed by atoms with Crippen LogP contribution in [-0.4, -0.2) is 30.6 Å². The van der Waals surface area contributed by atoms with Gasteiger partial charge in [0.1, 0.15) is 17.8 Å². The monoisotopic (exact) mass is 364 g/mol. The minimum atomic E-state index is -0.875. The van der Waals surface area contributed by atoms with Crippen LogP contribution in [-0.2, 0) is 14.3 Å². The Morgan fingerprint density at radius 3 is 2.81 bits per heavy atom. The maximum atomic E-state index is 14.0. The predicted octanol–water partition coefficient (Wildman–Crippen LogP) is 2.73. The van der Waals surface area contributed by atoms with Gasteiger partial charge in [0.05, 0.1) is 12.0 Å². The fourth-order valence-corrected chi connectivity index (χ4v) is 3.34. The van der Waals surface area contributed by atoms with Gasteiger partial charge in [0.2, 0.25) is 11.8 Å². The Morgan fingerprint density at radius 1 is 1.27 bits per heavy atom. The van der Waals surface area contributed by atoms with Crippen molar-refractivity contribution in [3.63, 3.8) is 0 Å². The lowest BCUT2D eigenvalue weighted by atomic mass is 9.86. The third kappa shape index (κ3) is 4.46. The van der Waals surface area contributed by atoms with E-state index < -0.39 is 29.8 Å². The van der Waals surface area contributed by atoms with Crippen molar-refractivity contribution in [1.82, 2.24) is 10.6 Å². The molecule has 2 N–H and O–H groups in total. The third-order valence-corrected chi connectivity index (χ3v) is 4.76. The second-order valence-corrected chi connectivity index (χ2v) is 6.81. The first kappa shape index (κ1) is 18.5. The number of hydrogen-bond donors (Lipinski definition) is 2. The van der Waals surface area contributed by atoms with E-state index in [2.05, 4.69) is 10.6 Å². The first-order chi connectivity index (χ1) is 12.4. The summed E-state index contributed by atoms with van der Waals surface area (Å²) in [4.78, 5) is 24.1. The number of allylic oxidation sites excluding steroid dienone is 3. The number of carbonyl (C=O) groups is 2. The number of nitrogens with one attached hydrogen (secondary N) is 2. The fourth-order valence-electron chi connectivity index (χ4n) is 3.34. The first-order valence-electron chi connectivity index (χ1n) is 8.75. The van der Waals surface area contributed by atoms with Gasteiger partial charge in [-0.25, -0.2) is 8.78 Å². The van der Waals surface area contributed by atoms with E-state index in [4.69, 9.17) is 4.74 Å². The van der Waals surface area contributed by atoms with Crippen LogP contribution in [0.2, 0.25) is 0 Å². The Kier molecular flexibility index (Phi) is 5.66. The number of amides is 2. The zero-order valence-electron chi connectivity index (χ0n) is 14.6. The first-order valence-corrected chi connectivity index (χ1v) is 8.75. The van der Waals surface area contributed by atoms with Gasteiger partial charge in [0.25, 0.3) is 0 Å². The van der Waals surface area contributed by atoms with E-state index in [0.29, 0.717) is 31.5 Å². The van der Waals surface area contributed by atoms with Crippen molar-refractivity contribution in [2.75, 3.05) is 6.54 Å². The molecule has 0 aromatic rings. The van der Waals surface area contributed by atoms with Crippen LogP contribution in [0.15, 0.2) is 47.2 Å². The Bertz CT molecular complexity index is 724. The molecule has 26 heavy (non-hydrogen) atoms. The SMILES string of the molecule is CC1=CCC(C(=O)NC2=CC(=O)NCC2)C(OC2CC=C(F)C=C2F)C1. The Morgan fingerprint density at radius 2 is 2.08 bits per heavy atom. The smallest absolute Gasteiger partial charge is 0.245 e. The molecule has 0 bridgehead atoms. The van der Waals surface area contributed by atoms with Crippen LogP contribution in [0, 0.1) is 5.92 Å². The number of rotatable bonds is 4. The largest absolute Gasteiger partial charge is 0.366 e. The van der Waals surface area contributed by atoms with Crippen molar-refractivity contribution in [2.45, 2.75) is 44.8 Å². The van der Waals surface area contributed by atoms with Gasteiger partial charge in [-0.1, -0.05) is 11.6 Å². The van der Waals surface area contributed by atoms with Crippen LogP contribution < -0.4 is 10.6 Å². The molecule has 3 unspecified atom stereocenters. The van der Waals surface area contributed by atoms with Gasteiger partial charge in [0, 0.05) is 37.2 Å². The maximum absolute atomic E-state index is 14.0. The Balaban J connectivity index is 1.69. The van der Waals surface area contributed by atoms with Crippen molar-refractivity contribution in [3.8, 4) is 0 Å². The molecule has 0 radical (unpaired) electrons. The highest BCUT2D eigenvalue weighted by atomic mass is 19.1. The zero-order chi connectivity index (χ0) is 18.7. The lowest BCUT2D eigenvalue weighted by molar-refractivity contribution is -0.132. The summed E-state index contributed by atoms with van der Waals surface area (Å²) in [5.74, 6) is -2.25. The number of hydrogen-bond acceptors (Lipinski definition) is 3. The lowest BCUT2D eigenvalue weighted by Crippen LogP contribution is -2.43. The van der Waals surface area contributed by atoms with Gasteiger partial charge in [0.15, 0.2) is 0 Å². The summed E-state index contributed by atoms with van der Waals surface area (Å²) in [5, 5.41) is 5.45. The van der Waals surface area contributed by atoms with Crippen LogP contribution in [0.1, 0.15) is 32.6 Å². The van der Waals surface area contributed by atoms with Gasteiger partial charge in [-0.05, 0) is 25.8 Å². The fraction of sp³-hybridized carbons (Fsp3) is 0.474. The average molecular weight is 364 g/mol. The second kappa shape index (κ2) is 7.95. The summed E-state index contributed by atoms with van der Waals surface area (Å²) in [6.45, 7) is 2.41. The summed E-state index contributed by atoms with van der Waals surface area (Å²) in [6, 6.07) is 0. The molecule has 5 nitrogen and oxygen atoms in total. The molecule has 140 valence electrons. The molecule has 3 aliphatic rings. The molecule has 0 fully saturated rings. The van der Waals surface area contributed by atoms with E-state index in [1.165, 1.54) is 12.2 Å². The van der Waals surface area contributed by atoms with E-state index in [-0.39, 0.29) is 18.2 Å². The minimum Gasteiger partial charge on any atom is -0.366 e.